The molecule has 2 aliphatic heterocycles. The zero-order valence-electron chi connectivity index (χ0n) is 23.1. The van der Waals surface area contributed by atoms with Crippen LogP contribution in [-0.2, 0) is 4.79 Å². The third-order valence-corrected chi connectivity index (χ3v) is 9.47. The van der Waals surface area contributed by atoms with Gasteiger partial charge in [-0.3, -0.25) is 9.69 Å². The highest BCUT2D eigenvalue weighted by atomic mass is 16.2. The highest BCUT2D eigenvalue weighted by molar-refractivity contribution is 5.77. The van der Waals surface area contributed by atoms with Crippen LogP contribution >= 0.6 is 0 Å². The Kier molecular flexibility index (Phi) is 10.1. The van der Waals surface area contributed by atoms with Crippen molar-refractivity contribution in [2.24, 2.45) is 23.7 Å². The lowest BCUT2D eigenvalue weighted by Crippen LogP contribution is -2.95. The summed E-state index contributed by atoms with van der Waals surface area (Å²) >= 11 is 0. The molecule has 3 amide bonds. The van der Waals surface area contributed by atoms with Crippen LogP contribution < -0.4 is 16.0 Å². The number of quaternary nitrogens is 1. The molecule has 7 heteroatoms. The first kappa shape index (κ1) is 27.4. The molecule has 0 bridgehead atoms. The zero-order valence-corrected chi connectivity index (χ0v) is 23.1. The minimum absolute atomic E-state index is 0.0160. The summed E-state index contributed by atoms with van der Waals surface area (Å²) in [5.74, 6) is 1.99. The maximum Gasteiger partial charge on any atom is 0.315 e. The Morgan fingerprint density at radius 1 is 1.03 bits per heavy atom. The van der Waals surface area contributed by atoms with Gasteiger partial charge in [0.2, 0.25) is 5.91 Å². The van der Waals surface area contributed by atoms with E-state index in [0.717, 1.165) is 45.4 Å². The van der Waals surface area contributed by atoms with Gasteiger partial charge < -0.3 is 20.9 Å². The summed E-state index contributed by atoms with van der Waals surface area (Å²) in [6, 6.07) is 0.319. The number of amides is 3. The van der Waals surface area contributed by atoms with Gasteiger partial charge in [0, 0.05) is 51.6 Å². The second-order valence-electron chi connectivity index (χ2n) is 12.3. The Hall–Kier alpha value is -1.60. The number of piperazine rings is 1. The SMILES string of the molecule is CC1=C[C@@H](CNC(=O)NC2CCCCC2)[C@H](C(C)C)C[C@H]1CC(=O)N1CCN(C2CCCC[NH2+]2)CC1. The highest BCUT2D eigenvalue weighted by Gasteiger charge is 2.35. The van der Waals surface area contributed by atoms with Gasteiger partial charge in [0.05, 0.1) is 6.54 Å². The van der Waals surface area contributed by atoms with Crippen molar-refractivity contribution in [1.29, 1.82) is 0 Å². The quantitative estimate of drug-likeness (QED) is 0.468. The van der Waals surface area contributed by atoms with Crippen molar-refractivity contribution < 1.29 is 14.9 Å². The fourth-order valence-electron chi connectivity index (χ4n) is 7.10. The smallest absolute Gasteiger partial charge is 0.315 e. The predicted molar refractivity (Wildman–Crippen MR) is 144 cm³/mol. The molecule has 1 unspecified atom stereocenters. The van der Waals surface area contributed by atoms with Crippen molar-refractivity contribution in [3.8, 4) is 0 Å². The van der Waals surface area contributed by atoms with E-state index < -0.39 is 0 Å². The summed E-state index contributed by atoms with van der Waals surface area (Å²) in [6.45, 7) is 12.5. The van der Waals surface area contributed by atoms with E-state index in [0.29, 0.717) is 54.8 Å². The number of nitrogens with two attached hydrogens (primary N) is 1. The number of urea groups is 1. The van der Waals surface area contributed by atoms with E-state index in [1.807, 2.05) is 0 Å². The maximum absolute atomic E-state index is 13.3. The Bertz CT molecular complexity index is 749. The van der Waals surface area contributed by atoms with Gasteiger partial charge in [0.1, 0.15) is 6.17 Å². The minimum atomic E-state index is -0.0160. The van der Waals surface area contributed by atoms with Crippen LogP contribution in [0.4, 0.5) is 4.79 Å². The standard InChI is InChI=1S/C29H51N5O2/c1-21(2)26-18-23(19-28(35)34-15-13-33(14-16-34)27-11-7-8-12-30-27)22(3)17-24(26)20-31-29(36)32-25-9-5-4-6-10-25/h17,21,23-27,30H,4-16,18-20H2,1-3H3,(H2,31,32,36)/p+1/t23-,24-,26-,27?/m0/s1. The lowest BCUT2D eigenvalue weighted by Gasteiger charge is -2.40. The summed E-state index contributed by atoms with van der Waals surface area (Å²) in [5.41, 5.74) is 1.33. The van der Waals surface area contributed by atoms with Crippen molar-refractivity contribution in [2.75, 3.05) is 39.3 Å². The van der Waals surface area contributed by atoms with E-state index in [-0.39, 0.29) is 6.03 Å². The topological polar surface area (TPSA) is 81.3 Å². The Labute approximate surface area is 219 Å². The van der Waals surface area contributed by atoms with Crippen molar-refractivity contribution in [3.05, 3.63) is 11.6 Å². The first-order valence-electron chi connectivity index (χ1n) is 15.0. The maximum atomic E-state index is 13.3. The number of rotatable bonds is 7. The molecule has 204 valence electrons. The number of nitrogens with zero attached hydrogens (tertiary/aromatic N) is 2. The number of allylic oxidation sites excluding steroid dienone is 1. The van der Waals surface area contributed by atoms with E-state index in [4.69, 9.17) is 0 Å². The Morgan fingerprint density at radius 2 is 1.75 bits per heavy atom. The van der Waals surface area contributed by atoms with Crippen molar-refractivity contribution >= 4 is 11.9 Å². The summed E-state index contributed by atoms with van der Waals surface area (Å²) in [5, 5.41) is 8.84. The average Bonchev–Trinajstić information content (AvgIpc) is 2.89. The Balaban J connectivity index is 1.25. The van der Waals surface area contributed by atoms with Crippen LogP contribution in [0, 0.1) is 23.7 Å². The second kappa shape index (κ2) is 13.3. The molecular weight excluding hydrogens is 450 g/mol. The monoisotopic (exact) mass is 502 g/mol. The van der Waals surface area contributed by atoms with E-state index in [1.54, 1.807) is 0 Å². The molecule has 2 heterocycles. The summed E-state index contributed by atoms with van der Waals surface area (Å²) in [7, 11) is 0. The number of carbonyl (C=O) groups is 2. The second-order valence-corrected chi connectivity index (χ2v) is 12.3. The van der Waals surface area contributed by atoms with Gasteiger partial charge in [0.25, 0.3) is 0 Å². The molecule has 7 nitrogen and oxygen atoms in total. The molecule has 4 N–H and O–H groups in total. The van der Waals surface area contributed by atoms with Crippen LogP contribution in [0.3, 0.4) is 0 Å². The average molecular weight is 503 g/mol. The van der Waals surface area contributed by atoms with E-state index in [9.17, 15) is 9.59 Å². The molecule has 4 rings (SSSR count). The van der Waals surface area contributed by atoms with Crippen molar-refractivity contribution in [1.82, 2.24) is 20.4 Å². The van der Waals surface area contributed by atoms with Gasteiger partial charge in [-0.2, -0.15) is 0 Å². The molecule has 2 aliphatic carbocycles. The molecule has 36 heavy (non-hydrogen) atoms. The van der Waals surface area contributed by atoms with Gasteiger partial charge in [-0.15, -0.1) is 0 Å². The van der Waals surface area contributed by atoms with Crippen LogP contribution in [0.1, 0.15) is 85.0 Å². The summed E-state index contributed by atoms with van der Waals surface area (Å²) < 4.78 is 0. The molecule has 0 spiro atoms. The van der Waals surface area contributed by atoms with Gasteiger partial charge in [-0.1, -0.05) is 44.8 Å². The minimum Gasteiger partial charge on any atom is -0.340 e. The lowest BCUT2D eigenvalue weighted by atomic mass is 9.69. The number of nitrogens with one attached hydrogen (secondary N) is 2. The normalized spacial score (nSPS) is 30.7. The molecule has 1 saturated carbocycles. The first-order valence-corrected chi connectivity index (χ1v) is 15.0. The summed E-state index contributed by atoms with van der Waals surface area (Å²) in [4.78, 5) is 30.5. The van der Waals surface area contributed by atoms with Gasteiger partial charge in [0.15, 0.2) is 0 Å². The highest BCUT2D eigenvalue weighted by Crippen LogP contribution is 2.39. The molecule has 0 aromatic heterocycles. The first-order chi connectivity index (χ1) is 17.4. The molecule has 0 radical (unpaired) electrons. The van der Waals surface area contributed by atoms with Crippen LogP contribution in [0.2, 0.25) is 0 Å². The van der Waals surface area contributed by atoms with Crippen molar-refractivity contribution in [3.63, 3.8) is 0 Å². The molecule has 0 aromatic rings. The van der Waals surface area contributed by atoms with E-state index in [1.165, 1.54) is 50.6 Å². The van der Waals surface area contributed by atoms with E-state index in [2.05, 4.69) is 52.6 Å². The van der Waals surface area contributed by atoms with Crippen LogP contribution in [-0.4, -0.2) is 73.2 Å². The number of carbonyl (C=O) groups excluding carboxylic acids is 2. The summed E-state index contributed by atoms with van der Waals surface area (Å²) in [6.07, 6.45) is 14.6. The lowest BCUT2D eigenvalue weighted by molar-refractivity contribution is -0.717. The van der Waals surface area contributed by atoms with Gasteiger partial charge >= 0.3 is 6.03 Å². The third-order valence-electron chi connectivity index (χ3n) is 9.47. The number of piperidine rings is 1. The molecule has 4 atom stereocenters. The zero-order chi connectivity index (χ0) is 25.5. The van der Waals surface area contributed by atoms with Gasteiger partial charge in [-0.25, -0.2) is 4.79 Å². The number of hydrogen-bond acceptors (Lipinski definition) is 3. The fraction of sp³-hybridized carbons (Fsp3) is 0.862. The van der Waals surface area contributed by atoms with E-state index >= 15 is 0 Å². The number of hydrogen-bond donors (Lipinski definition) is 3. The van der Waals surface area contributed by atoms with Crippen LogP contribution in [0.5, 0.6) is 0 Å². The molecule has 2 saturated heterocycles. The van der Waals surface area contributed by atoms with Gasteiger partial charge in [-0.05, 0) is 62.7 Å². The molecule has 3 fully saturated rings. The third kappa shape index (κ3) is 7.47. The molecular formula is C29H52N5O2+. The van der Waals surface area contributed by atoms with Crippen LogP contribution in [0.25, 0.3) is 0 Å². The Morgan fingerprint density at radius 3 is 2.42 bits per heavy atom. The predicted octanol–water partition coefficient (Wildman–Crippen LogP) is 3.08. The fourth-order valence-corrected chi connectivity index (χ4v) is 7.10. The van der Waals surface area contributed by atoms with Crippen molar-refractivity contribution in [2.45, 2.75) is 97.2 Å². The largest absolute Gasteiger partial charge is 0.340 e. The van der Waals surface area contributed by atoms with Crippen LogP contribution in [0.15, 0.2) is 11.6 Å². The molecule has 0 aromatic carbocycles. The molecule has 4 aliphatic rings.